The zero-order valence-electron chi connectivity index (χ0n) is 10.9. The molecule has 4 nitrogen and oxygen atoms in total. The highest BCUT2D eigenvalue weighted by Gasteiger charge is 2.33. The van der Waals surface area contributed by atoms with Gasteiger partial charge in [0.05, 0.1) is 17.9 Å². The minimum Gasteiger partial charge on any atom is -0.372 e. The van der Waals surface area contributed by atoms with Crippen LogP contribution < -0.4 is 5.32 Å². The molecule has 1 aromatic rings. The zero-order chi connectivity index (χ0) is 12.4. The van der Waals surface area contributed by atoms with Crippen molar-refractivity contribution in [1.29, 1.82) is 0 Å². The van der Waals surface area contributed by atoms with E-state index in [0.29, 0.717) is 12.2 Å². The van der Waals surface area contributed by atoms with Gasteiger partial charge in [0.1, 0.15) is 5.01 Å². The van der Waals surface area contributed by atoms with Crippen LogP contribution in [0.5, 0.6) is 0 Å². The van der Waals surface area contributed by atoms with Crippen molar-refractivity contribution >= 4 is 11.3 Å². The highest BCUT2D eigenvalue weighted by atomic mass is 32.1. The number of thiazole rings is 1. The second kappa shape index (κ2) is 5.65. The van der Waals surface area contributed by atoms with E-state index >= 15 is 0 Å². The first kappa shape index (κ1) is 12.5. The molecule has 2 bridgehead atoms. The summed E-state index contributed by atoms with van der Waals surface area (Å²) in [6, 6.07) is 0. The summed E-state index contributed by atoms with van der Waals surface area (Å²) in [7, 11) is 0. The number of nitrogens with zero attached hydrogens (tertiary/aromatic N) is 2. The third-order valence-corrected chi connectivity index (χ3v) is 4.53. The summed E-state index contributed by atoms with van der Waals surface area (Å²) in [5, 5.41) is 6.72. The molecule has 100 valence electrons. The summed E-state index contributed by atoms with van der Waals surface area (Å²) in [4.78, 5) is 7.18. The predicted octanol–water partition coefficient (Wildman–Crippen LogP) is 1.62. The van der Waals surface area contributed by atoms with Crippen molar-refractivity contribution in [2.45, 2.75) is 45.1 Å². The molecule has 2 atom stereocenters. The van der Waals surface area contributed by atoms with E-state index in [0.717, 1.165) is 32.7 Å². The molecule has 0 radical (unpaired) electrons. The van der Waals surface area contributed by atoms with Crippen LogP contribution in [-0.2, 0) is 17.8 Å². The van der Waals surface area contributed by atoms with Crippen molar-refractivity contribution in [2.24, 2.45) is 0 Å². The maximum Gasteiger partial charge on any atom is 0.107 e. The van der Waals surface area contributed by atoms with Crippen molar-refractivity contribution in [2.75, 3.05) is 19.6 Å². The van der Waals surface area contributed by atoms with Gasteiger partial charge in [-0.1, -0.05) is 6.92 Å². The summed E-state index contributed by atoms with van der Waals surface area (Å²) in [6.45, 7) is 7.17. The van der Waals surface area contributed by atoms with Gasteiger partial charge in [0, 0.05) is 31.6 Å². The Morgan fingerprint density at radius 2 is 2.22 bits per heavy atom. The number of nitrogens with one attached hydrogen (secondary N) is 1. The lowest BCUT2D eigenvalue weighted by Gasteiger charge is -2.31. The average Bonchev–Trinajstić information content (AvgIpc) is 2.94. The number of ether oxygens (including phenoxy) is 1. The molecule has 3 rings (SSSR count). The van der Waals surface area contributed by atoms with Gasteiger partial charge in [-0.15, -0.1) is 11.3 Å². The predicted molar refractivity (Wildman–Crippen MR) is 72.7 cm³/mol. The Hall–Kier alpha value is -0.490. The monoisotopic (exact) mass is 267 g/mol. The molecule has 3 heterocycles. The Bertz CT molecular complexity index is 383. The molecule has 0 aliphatic carbocycles. The first-order chi connectivity index (χ1) is 8.83. The first-order valence-electron chi connectivity index (χ1n) is 6.85. The van der Waals surface area contributed by atoms with Crippen LogP contribution in [0.4, 0.5) is 0 Å². The van der Waals surface area contributed by atoms with Crippen molar-refractivity contribution < 1.29 is 4.74 Å². The zero-order valence-corrected chi connectivity index (χ0v) is 11.7. The van der Waals surface area contributed by atoms with Crippen molar-refractivity contribution in [3.63, 3.8) is 0 Å². The minimum absolute atomic E-state index is 0.476. The quantitative estimate of drug-likeness (QED) is 0.879. The van der Waals surface area contributed by atoms with E-state index in [1.807, 2.05) is 0 Å². The smallest absolute Gasteiger partial charge is 0.107 e. The van der Waals surface area contributed by atoms with Gasteiger partial charge in [-0.2, -0.15) is 0 Å². The van der Waals surface area contributed by atoms with E-state index < -0.39 is 0 Å². The first-order valence-corrected chi connectivity index (χ1v) is 7.73. The van der Waals surface area contributed by atoms with Crippen molar-refractivity contribution in [3.8, 4) is 0 Å². The molecule has 0 amide bonds. The SMILES string of the molecule is CCNCc1nc(CN2CC3CCC(C2)O3)cs1. The van der Waals surface area contributed by atoms with Gasteiger partial charge in [0.25, 0.3) is 0 Å². The van der Waals surface area contributed by atoms with Gasteiger partial charge < -0.3 is 10.1 Å². The Morgan fingerprint density at radius 3 is 2.94 bits per heavy atom. The number of morpholine rings is 1. The topological polar surface area (TPSA) is 37.4 Å². The summed E-state index contributed by atoms with van der Waals surface area (Å²) in [6.07, 6.45) is 3.43. The van der Waals surface area contributed by atoms with E-state index in [-0.39, 0.29) is 0 Å². The number of rotatable bonds is 5. The largest absolute Gasteiger partial charge is 0.372 e. The Morgan fingerprint density at radius 1 is 1.44 bits per heavy atom. The van der Waals surface area contributed by atoms with Gasteiger partial charge in [0.2, 0.25) is 0 Å². The average molecular weight is 267 g/mol. The molecule has 0 saturated carbocycles. The molecule has 5 heteroatoms. The molecule has 18 heavy (non-hydrogen) atoms. The number of fused-ring (bicyclic) bond motifs is 2. The molecule has 1 N–H and O–H groups in total. The van der Waals surface area contributed by atoms with E-state index in [4.69, 9.17) is 4.74 Å². The van der Waals surface area contributed by atoms with Gasteiger partial charge in [0.15, 0.2) is 0 Å². The molecule has 2 fully saturated rings. The lowest BCUT2D eigenvalue weighted by molar-refractivity contribution is -0.0413. The second-order valence-electron chi connectivity index (χ2n) is 5.16. The number of hydrogen-bond donors (Lipinski definition) is 1. The third-order valence-electron chi connectivity index (χ3n) is 3.63. The Labute approximate surface area is 112 Å². The van der Waals surface area contributed by atoms with Crippen LogP contribution in [-0.4, -0.2) is 41.7 Å². The summed E-state index contributed by atoms with van der Waals surface area (Å²) < 4.78 is 5.85. The molecule has 2 aliphatic heterocycles. The number of hydrogen-bond acceptors (Lipinski definition) is 5. The Kier molecular flexibility index (Phi) is 3.94. The van der Waals surface area contributed by atoms with Gasteiger partial charge >= 0.3 is 0 Å². The minimum atomic E-state index is 0.476. The van der Waals surface area contributed by atoms with Crippen LogP contribution in [0.2, 0.25) is 0 Å². The van der Waals surface area contributed by atoms with Crippen LogP contribution in [0, 0.1) is 0 Å². The molecular formula is C13H21N3OS. The molecule has 2 saturated heterocycles. The molecule has 1 aromatic heterocycles. The van der Waals surface area contributed by atoms with Gasteiger partial charge in [-0.05, 0) is 19.4 Å². The highest BCUT2D eigenvalue weighted by molar-refractivity contribution is 7.09. The standard InChI is InChI=1S/C13H21N3OS/c1-2-14-5-13-15-10(9-18-13)6-16-7-11-3-4-12(8-16)17-11/h9,11-12,14H,2-8H2,1H3. The normalized spacial score (nSPS) is 27.8. The maximum absolute atomic E-state index is 5.85. The van der Waals surface area contributed by atoms with Crippen LogP contribution in [0.15, 0.2) is 5.38 Å². The van der Waals surface area contributed by atoms with E-state index in [1.165, 1.54) is 23.5 Å². The van der Waals surface area contributed by atoms with E-state index in [1.54, 1.807) is 11.3 Å². The fraction of sp³-hybridized carbons (Fsp3) is 0.769. The van der Waals surface area contributed by atoms with Crippen LogP contribution >= 0.6 is 11.3 Å². The molecule has 0 aromatic carbocycles. The summed E-state index contributed by atoms with van der Waals surface area (Å²) in [5.41, 5.74) is 1.22. The number of likely N-dealkylation sites (tertiary alicyclic amines) is 1. The van der Waals surface area contributed by atoms with Crippen LogP contribution in [0.3, 0.4) is 0 Å². The number of aromatic nitrogens is 1. The second-order valence-corrected chi connectivity index (χ2v) is 6.11. The van der Waals surface area contributed by atoms with Crippen LogP contribution in [0.1, 0.15) is 30.5 Å². The molecule has 2 aliphatic rings. The van der Waals surface area contributed by atoms with Gasteiger partial charge in [-0.3, -0.25) is 4.90 Å². The Balaban J connectivity index is 1.54. The molecule has 0 spiro atoms. The summed E-state index contributed by atoms with van der Waals surface area (Å²) >= 11 is 1.76. The molecular weight excluding hydrogens is 246 g/mol. The third kappa shape index (κ3) is 2.91. The van der Waals surface area contributed by atoms with Crippen molar-refractivity contribution in [1.82, 2.24) is 15.2 Å². The van der Waals surface area contributed by atoms with Crippen LogP contribution in [0.25, 0.3) is 0 Å². The molecule has 2 unspecified atom stereocenters. The fourth-order valence-corrected chi connectivity index (χ4v) is 3.55. The summed E-state index contributed by atoms with van der Waals surface area (Å²) in [5.74, 6) is 0. The van der Waals surface area contributed by atoms with E-state index in [9.17, 15) is 0 Å². The fourth-order valence-electron chi connectivity index (χ4n) is 2.79. The van der Waals surface area contributed by atoms with Crippen molar-refractivity contribution in [3.05, 3.63) is 16.1 Å². The lowest BCUT2D eigenvalue weighted by Crippen LogP contribution is -2.42. The van der Waals surface area contributed by atoms with Gasteiger partial charge in [-0.25, -0.2) is 4.98 Å². The highest BCUT2D eigenvalue weighted by Crippen LogP contribution is 2.27. The van der Waals surface area contributed by atoms with E-state index in [2.05, 4.69) is 27.5 Å². The lowest BCUT2D eigenvalue weighted by atomic mass is 10.2. The maximum atomic E-state index is 5.85.